The summed E-state index contributed by atoms with van der Waals surface area (Å²) in [7, 11) is 0. The fourth-order valence-corrected chi connectivity index (χ4v) is 2.51. The van der Waals surface area contributed by atoms with Crippen molar-refractivity contribution in [2.75, 3.05) is 0 Å². The lowest BCUT2D eigenvalue weighted by molar-refractivity contribution is 0.493. The van der Waals surface area contributed by atoms with E-state index in [1.165, 1.54) is 17.7 Å². The third kappa shape index (κ3) is 3.88. The summed E-state index contributed by atoms with van der Waals surface area (Å²) in [6, 6.07) is 15.3. The lowest BCUT2D eigenvalue weighted by Crippen LogP contribution is -2.22. The number of benzene rings is 2. The third-order valence-electron chi connectivity index (χ3n) is 3.22. The Morgan fingerprint density at radius 2 is 1.58 bits per heavy atom. The van der Waals surface area contributed by atoms with Gasteiger partial charge < -0.3 is 5.32 Å². The smallest absolute Gasteiger partial charge is 0.123 e. The molecule has 0 spiro atoms. The van der Waals surface area contributed by atoms with Crippen LogP contribution in [0, 0.1) is 5.82 Å². The minimum absolute atomic E-state index is 0.176. The van der Waals surface area contributed by atoms with Gasteiger partial charge in [0.15, 0.2) is 0 Å². The van der Waals surface area contributed by atoms with E-state index in [2.05, 4.69) is 47.2 Å². The number of hydrogen-bond donors (Lipinski definition) is 1. The maximum Gasteiger partial charge on any atom is 0.123 e. The first-order valence-corrected chi connectivity index (χ1v) is 7.12. The van der Waals surface area contributed by atoms with Gasteiger partial charge in [0.1, 0.15) is 5.82 Å². The standard InChI is InChI=1S/C16H17BrFN/c1-11(13-6-8-16(18)9-7-13)19-12(2)14-4-3-5-15(17)10-14/h3-12,19H,1-2H3/t11-,12?/m0/s1. The highest BCUT2D eigenvalue weighted by Crippen LogP contribution is 2.22. The van der Waals surface area contributed by atoms with Gasteiger partial charge in [-0.05, 0) is 49.2 Å². The topological polar surface area (TPSA) is 12.0 Å². The molecule has 0 saturated carbocycles. The first-order valence-electron chi connectivity index (χ1n) is 6.33. The second-order valence-corrected chi connectivity index (χ2v) is 5.63. The summed E-state index contributed by atoms with van der Waals surface area (Å²) in [4.78, 5) is 0. The molecule has 0 bridgehead atoms. The Hall–Kier alpha value is -1.19. The molecule has 0 aliphatic heterocycles. The molecular weight excluding hydrogens is 305 g/mol. The lowest BCUT2D eigenvalue weighted by atomic mass is 10.0. The van der Waals surface area contributed by atoms with Crippen LogP contribution in [0.3, 0.4) is 0 Å². The highest BCUT2D eigenvalue weighted by molar-refractivity contribution is 9.10. The largest absolute Gasteiger partial charge is 0.304 e. The average Bonchev–Trinajstić information content (AvgIpc) is 2.39. The zero-order chi connectivity index (χ0) is 13.8. The first-order chi connectivity index (χ1) is 9.06. The minimum Gasteiger partial charge on any atom is -0.304 e. The second-order valence-electron chi connectivity index (χ2n) is 4.72. The molecule has 2 aromatic rings. The van der Waals surface area contributed by atoms with Gasteiger partial charge in [0.2, 0.25) is 0 Å². The van der Waals surface area contributed by atoms with Crippen molar-refractivity contribution in [3.8, 4) is 0 Å². The van der Waals surface area contributed by atoms with Crippen molar-refractivity contribution in [2.24, 2.45) is 0 Å². The van der Waals surface area contributed by atoms with Gasteiger partial charge in [0.05, 0.1) is 0 Å². The number of rotatable bonds is 4. The molecule has 2 atom stereocenters. The molecule has 0 saturated heterocycles. The zero-order valence-corrected chi connectivity index (χ0v) is 12.6. The van der Waals surface area contributed by atoms with Crippen LogP contribution in [-0.4, -0.2) is 0 Å². The Morgan fingerprint density at radius 1 is 0.947 bits per heavy atom. The minimum atomic E-state index is -0.198. The highest BCUT2D eigenvalue weighted by Gasteiger charge is 2.11. The summed E-state index contributed by atoms with van der Waals surface area (Å²) >= 11 is 3.48. The molecule has 0 amide bonds. The molecule has 2 rings (SSSR count). The predicted molar refractivity (Wildman–Crippen MR) is 80.5 cm³/mol. The van der Waals surface area contributed by atoms with Crippen molar-refractivity contribution in [1.29, 1.82) is 0 Å². The maximum atomic E-state index is 12.9. The van der Waals surface area contributed by atoms with E-state index in [1.807, 2.05) is 24.3 Å². The highest BCUT2D eigenvalue weighted by atomic mass is 79.9. The van der Waals surface area contributed by atoms with Gasteiger partial charge in [0, 0.05) is 16.6 Å². The number of hydrogen-bond acceptors (Lipinski definition) is 1. The van der Waals surface area contributed by atoms with Gasteiger partial charge in [-0.1, -0.05) is 40.2 Å². The summed E-state index contributed by atoms with van der Waals surface area (Å²) in [5.41, 5.74) is 2.31. The van der Waals surface area contributed by atoms with Crippen LogP contribution in [0.2, 0.25) is 0 Å². The molecule has 0 aliphatic carbocycles. The van der Waals surface area contributed by atoms with Crippen molar-refractivity contribution in [2.45, 2.75) is 25.9 Å². The normalized spacial score (nSPS) is 14.1. The van der Waals surface area contributed by atoms with Gasteiger partial charge in [-0.15, -0.1) is 0 Å². The van der Waals surface area contributed by atoms with E-state index in [4.69, 9.17) is 0 Å². The summed E-state index contributed by atoms with van der Waals surface area (Å²) in [6.45, 7) is 4.21. The molecule has 0 fully saturated rings. The fourth-order valence-electron chi connectivity index (χ4n) is 2.09. The van der Waals surface area contributed by atoms with Gasteiger partial charge in [-0.25, -0.2) is 4.39 Å². The molecule has 0 heterocycles. The van der Waals surface area contributed by atoms with E-state index in [0.717, 1.165) is 10.0 Å². The Balaban J connectivity index is 2.06. The molecule has 0 aliphatic rings. The molecular formula is C16H17BrFN. The van der Waals surface area contributed by atoms with Crippen molar-refractivity contribution in [1.82, 2.24) is 5.32 Å². The van der Waals surface area contributed by atoms with E-state index in [1.54, 1.807) is 0 Å². The Morgan fingerprint density at radius 3 is 2.21 bits per heavy atom. The summed E-state index contributed by atoms with van der Waals surface area (Å²) in [5.74, 6) is -0.198. The van der Waals surface area contributed by atoms with Crippen molar-refractivity contribution < 1.29 is 4.39 Å². The van der Waals surface area contributed by atoms with Crippen LogP contribution >= 0.6 is 15.9 Å². The molecule has 0 radical (unpaired) electrons. The van der Waals surface area contributed by atoms with Crippen LogP contribution in [-0.2, 0) is 0 Å². The SMILES string of the molecule is CC(N[C@@H](C)c1ccc(F)cc1)c1cccc(Br)c1. The number of halogens is 2. The van der Waals surface area contributed by atoms with Crippen LogP contribution in [0.15, 0.2) is 53.0 Å². The van der Waals surface area contributed by atoms with E-state index in [-0.39, 0.29) is 17.9 Å². The second kappa shape index (κ2) is 6.31. The molecule has 19 heavy (non-hydrogen) atoms. The third-order valence-corrected chi connectivity index (χ3v) is 3.71. The summed E-state index contributed by atoms with van der Waals surface area (Å²) in [5, 5.41) is 3.52. The first kappa shape index (κ1) is 14.2. The Kier molecular flexibility index (Phi) is 4.72. The zero-order valence-electron chi connectivity index (χ0n) is 11.0. The molecule has 1 nitrogen and oxygen atoms in total. The molecule has 2 aromatic carbocycles. The van der Waals surface area contributed by atoms with Crippen LogP contribution in [0.4, 0.5) is 4.39 Å². The Labute approximate surface area is 122 Å². The predicted octanol–water partition coefficient (Wildman–Crippen LogP) is 5.00. The number of nitrogens with one attached hydrogen (secondary N) is 1. The Bertz CT molecular complexity index is 539. The van der Waals surface area contributed by atoms with E-state index < -0.39 is 0 Å². The van der Waals surface area contributed by atoms with Crippen LogP contribution in [0.1, 0.15) is 37.1 Å². The maximum absolute atomic E-state index is 12.9. The van der Waals surface area contributed by atoms with Gasteiger partial charge in [0.25, 0.3) is 0 Å². The van der Waals surface area contributed by atoms with Crippen molar-refractivity contribution >= 4 is 15.9 Å². The summed E-state index contributed by atoms with van der Waals surface area (Å²) in [6.07, 6.45) is 0. The van der Waals surface area contributed by atoms with Gasteiger partial charge >= 0.3 is 0 Å². The molecule has 100 valence electrons. The van der Waals surface area contributed by atoms with Crippen LogP contribution in [0.25, 0.3) is 0 Å². The van der Waals surface area contributed by atoms with Crippen molar-refractivity contribution in [3.63, 3.8) is 0 Å². The molecule has 1 unspecified atom stereocenters. The molecule has 1 N–H and O–H groups in total. The monoisotopic (exact) mass is 321 g/mol. The van der Waals surface area contributed by atoms with Crippen molar-refractivity contribution in [3.05, 3.63) is 69.9 Å². The van der Waals surface area contributed by atoms with Crippen LogP contribution < -0.4 is 5.32 Å². The average molecular weight is 322 g/mol. The van der Waals surface area contributed by atoms with E-state index in [0.29, 0.717) is 0 Å². The van der Waals surface area contributed by atoms with Gasteiger partial charge in [-0.2, -0.15) is 0 Å². The van der Waals surface area contributed by atoms with Gasteiger partial charge in [-0.3, -0.25) is 0 Å². The fraction of sp³-hybridized carbons (Fsp3) is 0.250. The van der Waals surface area contributed by atoms with Crippen LogP contribution in [0.5, 0.6) is 0 Å². The lowest BCUT2D eigenvalue weighted by Gasteiger charge is -2.21. The molecule has 0 aromatic heterocycles. The quantitative estimate of drug-likeness (QED) is 0.835. The summed E-state index contributed by atoms with van der Waals surface area (Å²) < 4.78 is 14.0. The van der Waals surface area contributed by atoms with E-state index >= 15 is 0 Å². The van der Waals surface area contributed by atoms with E-state index in [9.17, 15) is 4.39 Å². The molecule has 3 heteroatoms.